The molecule has 0 heterocycles. The molecule has 1 aromatic carbocycles. The van der Waals surface area contributed by atoms with Crippen molar-refractivity contribution in [1.82, 2.24) is 0 Å². The average Bonchev–Trinajstić information content (AvgIpc) is 2.12. The Morgan fingerprint density at radius 1 is 1.50 bits per heavy atom. The standard InChI is InChI=1S/C11H14O2S/c1-3-13-11(12)7-9-4-5-10(14)8(2)6-9/h4-6,14H,3,7H2,1-2H3. The maximum Gasteiger partial charge on any atom is 0.310 e. The zero-order chi connectivity index (χ0) is 10.6. The van der Waals surface area contributed by atoms with Gasteiger partial charge in [-0.05, 0) is 31.0 Å². The quantitative estimate of drug-likeness (QED) is 0.612. The van der Waals surface area contributed by atoms with E-state index in [4.69, 9.17) is 4.74 Å². The minimum atomic E-state index is -0.182. The van der Waals surface area contributed by atoms with Crippen LogP contribution in [-0.2, 0) is 16.0 Å². The molecule has 0 fully saturated rings. The summed E-state index contributed by atoms with van der Waals surface area (Å²) in [6.07, 6.45) is 0.336. The molecule has 1 rings (SSSR count). The van der Waals surface area contributed by atoms with Crippen LogP contribution in [0.3, 0.4) is 0 Å². The molecule has 0 amide bonds. The van der Waals surface area contributed by atoms with Gasteiger partial charge in [-0.2, -0.15) is 0 Å². The van der Waals surface area contributed by atoms with Gasteiger partial charge in [0.15, 0.2) is 0 Å². The maximum atomic E-state index is 11.2. The van der Waals surface area contributed by atoms with E-state index in [1.165, 1.54) is 0 Å². The van der Waals surface area contributed by atoms with Crippen LogP contribution in [-0.4, -0.2) is 12.6 Å². The van der Waals surface area contributed by atoms with E-state index in [2.05, 4.69) is 12.6 Å². The molecule has 0 saturated heterocycles. The highest BCUT2D eigenvalue weighted by Crippen LogP contribution is 2.15. The first-order chi connectivity index (χ1) is 6.63. The molecule has 0 aliphatic rings. The van der Waals surface area contributed by atoms with Crippen LogP contribution in [0.1, 0.15) is 18.1 Å². The van der Waals surface area contributed by atoms with Crippen molar-refractivity contribution in [1.29, 1.82) is 0 Å². The van der Waals surface area contributed by atoms with Gasteiger partial charge in [-0.25, -0.2) is 0 Å². The number of benzene rings is 1. The number of rotatable bonds is 3. The number of esters is 1. The lowest BCUT2D eigenvalue weighted by Gasteiger charge is -2.04. The third-order valence-corrected chi connectivity index (χ3v) is 2.42. The number of carbonyl (C=O) groups is 1. The lowest BCUT2D eigenvalue weighted by molar-refractivity contribution is -0.142. The normalized spacial score (nSPS) is 9.93. The van der Waals surface area contributed by atoms with Gasteiger partial charge in [-0.1, -0.05) is 12.1 Å². The highest BCUT2D eigenvalue weighted by atomic mass is 32.1. The molecule has 0 radical (unpaired) electrons. The third-order valence-electron chi connectivity index (χ3n) is 1.91. The van der Waals surface area contributed by atoms with E-state index in [0.29, 0.717) is 13.0 Å². The van der Waals surface area contributed by atoms with Gasteiger partial charge in [-0.3, -0.25) is 4.79 Å². The molecular formula is C11H14O2S. The molecule has 3 heteroatoms. The van der Waals surface area contributed by atoms with E-state index in [-0.39, 0.29) is 5.97 Å². The van der Waals surface area contributed by atoms with Gasteiger partial charge in [0.2, 0.25) is 0 Å². The van der Waals surface area contributed by atoms with Gasteiger partial charge in [0.25, 0.3) is 0 Å². The van der Waals surface area contributed by atoms with E-state index in [1.807, 2.05) is 25.1 Å². The van der Waals surface area contributed by atoms with Crippen molar-refractivity contribution in [2.75, 3.05) is 6.61 Å². The molecule has 14 heavy (non-hydrogen) atoms. The zero-order valence-corrected chi connectivity index (χ0v) is 9.30. The molecule has 0 spiro atoms. The summed E-state index contributed by atoms with van der Waals surface area (Å²) in [5, 5.41) is 0. The fraction of sp³-hybridized carbons (Fsp3) is 0.364. The van der Waals surface area contributed by atoms with Crippen LogP contribution in [0.15, 0.2) is 23.1 Å². The number of ether oxygens (including phenoxy) is 1. The van der Waals surface area contributed by atoms with E-state index in [1.54, 1.807) is 6.92 Å². The molecule has 76 valence electrons. The first-order valence-corrected chi connectivity index (χ1v) is 5.02. The average molecular weight is 210 g/mol. The number of hydrogen-bond donors (Lipinski definition) is 1. The Kier molecular flexibility index (Phi) is 4.01. The second-order valence-electron chi connectivity index (χ2n) is 3.10. The van der Waals surface area contributed by atoms with Crippen molar-refractivity contribution >= 4 is 18.6 Å². The highest BCUT2D eigenvalue weighted by Gasteiger charge is 2.04. The van der Waals surface area contributed by atoms with E-state index >= 15 is 0 Å². The Morgan fingerprint density at radius 2 is 2.21 bits per heavy atom. The van der Waals surface area contributed by atoms with E-state index in [9.17, 15) is 4.79 Å². The smallest absolute Gasteiger partial charge is 0.310 e. The molecular weight excluding hydrogens is 196 g/mol. The van der Waals surface area contributed by atoms with Crippen molar-refractivity contribution in [3.63, 3.8) is 0 Å². The summed E-state index contributed by atoms with van der Waals surface area (Å²) in [5.74, 6) is -0.182. The number of thiol groups is 1. The van der Waals surface area contributed by atoms with E-state index < -0.39 is 0 Å². The molecule has 0 N–H and O–H groups in total. The molecule has 0 saturated carbocycles. The monoisotopic (exact) mass is 210 g/mol. The van der Waals surface area contributed by atoms with Crippen LogP contribution in [0.4, 0.5) is 0 Å². The first-order valence-electron chi connectivity index (χ1n) is 4.57. The summed E-state index contributed by atoms with van der Waals surface area (Å²) in [6.45, 7) is 4.21. The van der Waals surface area contributed by atoms with Gasteiger partial charge < -0.3 is 4.74 Å². The minimum absolute atomic E-state index is 0.182. The van der Waals surface area contributed by atoms with Crippen molar-refractivity contribution < 1.29 is 9.53 Å². The molecule has 0 atom stereocenters. The van der Waals surface area contributed by atoms with Gasteiger partial charge >= 0.3 is 5.97 Å². The second-order valence-corrected chi connectivity index (χ2v) is 3.58. The maximum absolute atomic E-state index is 11.2. The number of hydrogen-bond acceptors (Lipinski definition) is 3. The van der Waals surface area contributed by atoms with Crippen LogP contribution < -0.4 is 0 Å². The van der Waals surface area contributed by atoms with Crippen LogP contribution in [0.5, 0.6) is 0 Å². The topological polar surface area (TPSA) is 26.3 Å². The second kappa shape index (κ2) is 5.05. The Labute approximate surface area is 89.7 Å². The van der Waals surface area contributed by atoms with Crippen molar-refractivity contribution in [3.8, 4) is 0 Å². The molecule has 0 aliphatic heterocycles. The van der Waals surface area contributed by atoms with Crippen LogP contribution in [0.25, 0.3) is 0 Å². The fourth-order valence-corrected chi connectivity index (χ4v) is 1.35. The van der Waals surface area contributed by atoms with Gasteiger partial charge in [0.05, 0.1) is 13.0 Å². The zero-order valence-electron chi connectivity index (χ0n) is 8.41. The number of carbonyl (C=O) groups excluding carboxylic acids is 1. The van der Waals surface area contributed by atoms with Gasteiger partial charge in [0, 0.05) is 4.90 Å². The third kappa shape index (κ3) is 3.07. The van der Waals surface area contributed by atoms with Gasteiger partial charge in [0.1, 0.15) is 0 Å². The summed E-state index contributed by atoms with van der Waals surface area (Å²) in [6, 6.07) is 5.75. The lowest BCUT2D eigenvalue weighted by atomic mass is 10.1. The largest absolute Gasteiger partial charge is 0.466 e. The van der Waals surface area contributed by atoms with Crippen LogP contribution >= 0.6 is 12.6 Å². The summed E-state index contributed by atoms with van der Waals surface area (Å²) in [7, 11) is 0. The SMILES string of the molecule is CCOC(=O)Cc1ccc(S)c(C)c1. The van der Waals surface area contributed by atoms with Crippen molar-refractivity contribution in [2.24, 2.45) is 0 Å². The summed E-state index contributed by atoms with van der Waals surface area (Å²) < 4.78 is 4.86. The molecule has 0 bridgehead atoms. The van der Waals surface area contributed by atoms with Crippen molar-refractivity contribution in [3.05, 3.63) is 29.3 Å². The molecule has 0 aromatic heterocycles. The predicted molar refractivity (Wildman–Crippen MR) is 58.8 cm³/mol. The summed E-state index contributed by atoms with van der Waals surface area (Å²) in [4.78, 5) is 12.1. The molecule has 1 aromatic rings. The first kappa shape index (κ1) is 11.1. The van der Waals surface area contributed by atoms with Gasteiger partial charge in [-0.15, -0.1) is 12.6 Å². The summed E-state index contributed by atoms with van der Waals surface area (Å²) in [5.41, 5.74) is 2.05. The molecule has 2 nitrogen and oxygen atoms in total. The Hall–Kier alpha value is -0.960. The highest BCUT2D eigenvalue weighted by molar-refractivity contribution is 7.80. The van der Waals surface area contributed by atoms with E-state index in [0.717, 1.165) is 16.0 Å². The summed E-state index contributed by atoms with van der Waals surface area (Å²) >= 11 is 4.26. The molecule has 0 unspecified atom stereocenters. The lowest BCUT2D eigenvalue weighted by Crippen LogP contribution is -2.07. The Balaban J connectivity index is 2.68. The van der Waals surface area contributed by atoms with Crippen LogP contribution in [0.2, 0.25) is 0 Å². The Morgan fingerprint density at radius 3 is 2.79 bits per heavy atom. The minimum Gasteiger partial charge on any atom is -0.466 e. The van der Waals surface area contributed by atoms with Crippen molar-refractivity contribution in [2.45, 2.75) is 25.2 Å². The predicted octanol–water partition coefficient (Wildman–Crippen LogP) is 2.39. The molecule has 0 aliphatic carbocycles. The van der Waals surface area contributed by atoms with Crippen LogP contribution in [0, 0.1) is 6.92 Å². The Bertz CT molecular complexity index is 334. The number of aryl methyl sites for hydroxylation is 1. The fourth-order valence-electron chi connectivity index (χ4n) is 1.21.